The SMILES string of the molecule is C=CC[C@H](O)[C@H](C=C)COCc1ccccc1. The summed E-state index contributed by atoms with van der Waals surface area (Å²) in [6, 6.07) is 9.97. The molecule has 1 N–H and O–H groups in total. The molecule has 0 bridgehead atoms. The Morgan fingerprint density at radius 3 is 2.53 bits per heavy atom. The monoisotopic (exact) mass is 232 g/mol. The van der Waals surface area contributed by atoms with E-state index in [2.05, 4.69) is 13.2 Å². The minimum atomic E-state index is -0.458. The molecule has 0 aliphatic rings. The van der Waals surface area contributed by atoms with Crippen LogP contribution in [0.4, 0.5) is 0 Å². The lowest BCUT2D eigenvalue weighted by molar-refractivity contribution is 0.0420. The van der Waals surface area contributed by atoms with Gasteiger partial charge in [-0.3, -0.25) is 0 Å². The van der Waals surface area contributed by atoms with Crippen molar-refractivity contribution in [2.24, 2.45) is 5.92 Å². The van der Waals surface area contributed by atoms with Gasteiger partial charge in [-0.1, -0.05) is 42.5 Å². The molecule has 0 amide bonds. The van der Waals surface area contributed by atoms with Gasteiger partial charge in [0.2, 0.25) is 0 Å². The highest BCUT2D eigenvalue weighted by molar-refractivity contribution is 5.13. The van der Waals surface area contributed by atoms with Crippen molar-refractivity contribution in [1.29, 1.82) is 0 Å². The Labute approximate surface area is 103 Å². The summed E-state index contributed by atoms with van der Waals surface area (Å²) in [7, 11) is 0. The van der Waals surface area contributed by atoms with Crippen molar-refractivity contribution in [2.75, 3.05) is 6.61 Å². The third kappa shape index (κ3) is 4.98. The van der Waals surface area contributed by atoms with Gasteiger partial charge >= 0.3 is 0 Å². The summed E-state index contributed by atoms with van der Waals surface area (Å²) >= 11 is 0. The Hall–Kier alpha value is -1.38. The number of benzene rings is 1. The average Bonchev–Trinajstić information content (AvgIpc) is 2.36. The highest BCUT2D eigenvalue weighted by Crippen LogP contribution is 2.11. The fourth-order valence-electron chi connectivity index (χ4n) is 1.57. The molecule has 0 aliphatic carbocycles. The van der Waals surface area contributed by atoms with Crippen LogP contribution in [0.2, 0.25) is 0 Å². The Bertz CT molecular complexity index is 332. The maximum absolute atomic E-state index is 9.78. The molecule has 0 radical (unpaired) electrons. The predicted molar refractivity (Wildman–Crippen MR) is 70.6 cm³/mol. The van der Waals surface area contributed by atoms with E-state index in [1.807, 2.05) is 30.3 Å². The van der Waals surface area contributed by atoms with E-state index in [1.54, 1.807) is 12.2 Å². The van der Waals surface area contributed by atoms with Gasteiger partial charge in [0, 0.05) is 5.92 Å². The normalized spacial score (nSPS) is 13.9. The molecule has 0 heterocycles. The smallest absolute Gasteiger partial charge is 0.0717 e. The first-order valence-corrected chi connectivity index (χ1v) is 5.81. The topological polar surface area (TPSA) is 29.5 Å². The number of aliphatic hydroxyl groups is 1. The summed E-state index contributed by atoms with van der Waals surface area (Å²) in [5.41, 5.74) is 1.13. The average molecular weight is 232 g/mol. The molecule has 1 aromatic rings. The van der Waals surface area contributed by atoms with Crippen LogP contribution in [-0.2, 0) is 11.3 Å². The first kappa shape index (κ1) is 13.7. The van der Waals surface area contributed by atoms with Gasteiger partial charge in [-0.15, -0.1) is 13.2 Å². The molecule has 0 aliphatic heterocycles. The van der Waals surface area contributed by atoms with Gasteiger partial charge in [0.1, 0.15) is 0 Å². The second-order valence-electron chi connectivity index (χ2n) is 3.99. The van der Waals surface area contributed by atoms with Crippen molar-refractivity contribution < 1.29 is 9.84 Å². The predicted octanol–water partition coefficient (Wildman–Crippen LogP) is 2.94. The molecular weight excluding hydrogens is 212 g/mol. The molecule has 0 unspecified atom stereocenters. The van der Waals surface area contributed by atoms with Crippen molar-refractivity contribution >= 4 is 0 Å². The molecule has 1 rings (SSSR count). The summed E-state index contributed by atoms with van der Waals surface area (Å²) in [5, 5.41) is 9.78. The van der Waals surface area contributed by atoms with Crippen LogP contribution < -0.4 is 0 Å². The number of aliphatic hydroxyl groups excluding tert-OH is 1. The number of hydrogen-bond donors (Lipinski definition) is 1. The second kappa shape index (κ2) is 7.82. The van der Waals surface area contributed by atoms with Crippen LogP contribution in [0.3, 0.4) is 0 Å². The van der Waals surface area contributed by atoms with Crippen molar-refractivity contribution in [3.63, 3.8) is 0 Å². The van der Waals surface area contributed by atoms with Crippen LogP contribution >= 0.6 is 0 Å². The zero-order chi connectivity index (χ0) is 12.5. The van der Waals surface area contributed by atoms with Gasteiger partial charge in [0.15, 0.2) is 0 Å². The summed E-state index contributed by atoms with van der Waals surface area (Å²) in [5.74, 6) is -0.0447. The summed E-state index contributed by atoms with van der Waals surface area (Å²) < 4.78 is 5.57. The first-order chi connectivity index (χ1) is 8.27. The molecule has 1 aromatic carbocycles. The lowest BCUT2D eigenvalue weighted by Gasteiger charge is -2.18. The van der Waals surface area contributed by atoms with Crippen LogP contribution in [0, 0.1) is 5.92 Å². The minimum absolute atomic E-state index is 0.0447. The largest absolute Gasteiger partial charge is 0.392 e. The van der Waals surface area contributed by atoms with Crippen molar-refractivity contribution in [2.45, 2.75) is 19.1 Å². The first-order valence-electron chi connectivity index (χ1n) is 5.81. The van der Waals surface area contributed by atoms with E-state index in [0.29, 0.717) is 19.6 Å². The molecule has 2 nitrogen and oxygen atoms in total. The van der Waals surface area contributed by atoms with Gasteiger partial charge in [-0.2, -0.15) is 0 Å². The second-order valence-corrected chi connectivity index (χ2v) is 3.99. The lowest BCUT2D eigenvalue weighted by atomic mass is 10.0. The number of hydrogen-bond acceptors (Lipinski definition) is 2. The maximum Gasteiger partial charge on any atom is 0.0717 e. The molecule has 17 heavy (non-hydrogen) atoms. The Morgan fingerprint density at radius 1 is 1.24 bits per heavy atom. The lowest BCUT2D eigenvalue weighted by Crippen LogP contribution is -2.22. The number of ether oxygens (including phenoxy) is 1. The standard InChI is InChI=1S/C15H20O2/c1-3-8-15(16)14(4-2)12-17-11-13-9-6-5-7-10-13/h3-7,9-10,14-16H,1-2,8,11-12H2/t14-,15+/m1/s1. The van der Waals surface area contributed by atoms with Crippen LogP contribution in [-0.4, -0.2) is 17.8 Å². The summed E-state index contributed by atoms with van der Waals surface area (Å²) in [6.07, 6.45) is 3.55. The van der Waals surface area contributed by atoms with Gasteiger partial charge in [0.25, 0.3) is 0 Å². The van der Waals surface area contributed by atoms with E-state index < -0.39 is 6.10 Å². The van der Waals surface area contributed by atoms with Crippen molar-refractivity contribution in [3.8, 4) is 0 Å². The minimum Gasteiger partial charge on any atom is -0.392 e. The number of rotatable bonds is 8. The maximum atomic E-state index is 9.78. The van der Waals surface area contributed by atoms with Gasteiger partial charge in [-0.05, 0) is 12.0 Å². The van der Waals surface area contributed by atoms with Crippen LogP contribution in [0.15, 0.2) is 55.6 Å². The Kier molecular flexibility index (Phi) is 6.30. The van der Waals surface area contributed by atoms with Crippen LogP contribution in [0.1, 0.15) is 12.0 Å². The van der Waals surface area contributed by atoms with E-state index in [9.17, 15) is 5.11 Å². The molecular formula is C15H20O2. The van der Waals surface area contributed by atoms with Crippen LogP contribution in [0.5, 0.6) is 0 Å². The third-order valence-electron chi connectivity index (χ3n) is 2.63. The zero-order valence-electron chi connectivity index (χ0n) is 10.1. The fraction of sp³-hybridized carbons (Fsp3) is 0.333. The molecule has 92 valence electrons. The van der Waals surface area contributed by atoms with Crippen molar-refractivity contribution in [1.82, 2.24) is 0 Å². The van der Waals surface area contributed by atoms with Gasteiger partial charge in [0.05, 0.1) is 19.3 Å². The highest BCUT2D eigenvalue weighted by Gasteiger charge is 2.14. The molecule has 2 heteroatoms. The van der Waals surface area contributed by atoms with E-state index in [4.69, 9.17) is 4.74 Å². The van der Waals surface area contributed by atoms with E-state index >= 15 is 0 Å². The fourth-order valence-corrected chi connectivity index (χ4v) is 1.57. The molecule has 0 saturated carbocycles. The van der Waals surface area contributed by atoms with Gasteiger partial charge in [-0.25, -0.2) is 0 Å². The zero-order valence-corrected chi connectivity index (χ0v) is 10.1. The highest BCUT2D eigenvalue weighted by atomic mass is 16.5. The van der Waals surface area contributed by atoms with E-state index in [0.717, 1.165) is 5.56 Å². The Balaban J connectivity index is 2.33. The van der Waals surface area contributed by atoms with Gasteiger partial charge < -0.3 is 9.84 Å². The third-order valence-corrected chi connectivity index (χ3v) is 2.63. The van der Waals surface area contributed by atoms with E-state index in [-0.39, 0.29) is 5.92 Å². The molecule has 0 aromatic heterocycles. The Morgan fingerprint density at radius 2 is 1.94 bits per heavy atom. The molecule has 0 spiro atoms. The summed E-state index contributed by atoms with van der Waals surface area (Å²) in [4.78, 5) is 0. The van der Waals surface area contributed by atoms with Crippen molar-refractivity contribution in [3.05, 3.63) is 61.2 Å². The molecule has 0 saturated heterocycles. The quantitative estimate of drug-likeness (QED) is 0.698. The van der Waals surface area contributed by atoms with Crippen LogP contribution in [0.25, 0.3) is 0 Å². The summed E-state index contributed by atoms with van der Waals surface area (Å²) in [6.45, 7) is 8.37. The molecule has 0 fully saturated rings. The molecule has 2 atom stereocenters. The van der Waals surface area contributed by atoms with E-state index in [1.165, 1.54) is 0 Å².